The summed E-state index contributed by atoms with van der Waals surface area (Å²) in [5.41, 5.74) is 0. The summed E-state index contributed by atoms with van der Waals surface area (Å²) in [6.07, 6.45) is 2.07. The average Bonchev–Trinajstić information content (AvgIpc) is 1.87. The van der Waals surface area contributed by atoms with Gasteiger partial charge in [-0.3, -0.25) is 4.79 Å². The Morgan fingerprint density at radius 1 is 1.73 bits per heavy atom. The molecule has 0 radical (unpaired) electrons. The van der Waals surface area contributed by atoms with E-state index in [2.05, 4.69) is 38.9 Å². The monoisotopic (exact) mass is 217 g/mol. The molecule has 0 fully saturated rings. The predicted octanol–water partition coefficient (Wildman–Crippen LogP) is 1.65. The smallest absolute Gasteiger partial charge is 0.296 e. The van der Waals surface area contributed by atoms with E-state index in [1.165, 1.54) is 0 Å². The zero-order chi connectivity index (χ0) is 8.69. The normalized spacial score (nSPS) is 11.2. The number of carbonyl (C=O) groups excluding carboxylic acids is 1. The van der Waals surface area contributed by atoms with Gasteiger partial charge in [0.05, 0.1) is 0 Å². The van der Waals surface area contributed by atoms with Gasteiger partial charge in [0.15, 0.2) is 0 Å². The molecule has 0 aromatic heterocycles. The number of hydrogen-bond donors (Lipinski definition) is 1. The van der Waals surface area contributed by atoms with Gasteiger partial charge < -0.3 is 5.32 Å². The fraction of sp³-hybridized carbons (Fsp3) is 0.625. The molecule has 0 aromatic rings. The molecule has 11 heavy (non-hydrogen) atoms. The summed E-state index contributed by atoms with van der Waals surface area (Å²) in [6.45, 7) is 4.05. The van der Waals surface area contributed by atoms with E-state index in [0.29, 0.717) is 0 Å². The Morgan fingerprint density at radius 2 is 2.36 bits per heavy atom. The van der Waals surface area contributed by atoms with Crippen molar-refractivity contribution >= 4 is 21.8 Å². The van der Waals surface area contributed by atoms with E-state index >= 15 is 0 Å². The van der Waals surface area contributed by atoms with Crippen molar-refractivity contribution in [3.8, 4) is 10.8 Å². The highest BCUT2D eigenvalue weighted by molar-refractivity contribution is 9.12. The van der Waals surface area contributed by atoms with Crippen LogP contribution in [0, 0.1) is 10.8 Å². The molecule has 0 rings (SSSR count). The molecule has 1 amide bonds. The summed E-state index contributed by atoms with van der Waals surface area (Å²) in [5.74, 6) is 2.13. The third-order valence-electron chi connectivity index (χ3n) is 1.26. The van der Waals surface area contributed by atoms with Gasteiger partial charge in [0.25, 0.3) is 5.91 Å². The van der Waals surface area contributed by atoms with Gasteiger partial charge in [-0.05, 0) is 18.2 Å². The van der Waals surface area contributed by atoms with Crippen molar-refractivity contribution in [3.05, 3.63) is 0 Å². The fourth-order valence-electron chi connectivity index (χ4n) is 0.808. The number of amides is 1. The second-order valence-electron chi connectivity index (χ2n) is 2.38. The van der Waals surface area contributed by atoms with Crippen LogP contribution >= 0.6 is 15.9 Å². The third kappa shape index (κ3) is 5.93. The largest absolute Gasteiger partial charge is 0.343 e. The lowest BCUT2D eigenvalue weighted by molar-refractivity contribution is -0.116. The minimum atomic E-state index is -0.220. The summed E-state index contributed by atoms with van der Waals surface area (Å²) >= 11 is 2.86. The van der Waals surface area contributed by atoms with Gasteiger partial charge in [-0.25, -0.2) is 0 Å². The van der Waals surface area contributed by atoms with Crippen LogP contribution in [0.25, 0.3) is 0 Å². The van der Waals surface area contributed by atoms with Crippen LogP contribution in [0.1, 0.15) is 26.7 Å². The van der Waals surface area contributed by atoms with Gasteiger partial charge in [-0.1, -0.05) is 13.3 Å². The van der Waals surface area contributed by atoms with Crippen LogP contribution < -0.4 is 5.32 Å². The molecule has 0 spiro atoms. The third-order valence-corrected chi connectivity index (χ3v) is 1.46. The highest BCUT2D eigenvalue weighted by atomic mass is 79.9. The molecule has 0 bridgehead atoms. The molecule has 1 unspecified atom stereocenters. The maximum atomic E-state index is 10.8. The molecule has 2 nitrogen and oxygen atoms in total. The Hall–Kier alpha value is -0.490. The van der Waals surface area contributed by atoms with E-state index in [-0.39, 0.29) is 11.9 Å². The van der Waals surface area contributed by atoms with Crippen LogP contribution in [0.15, 0.2) is 0 Å². The average molecular weight is 218 g/mol. The first-order chi connectivity index (χ1) is 5.20. The number of rotatable bonds is 3. The first-order valence-corrected chi connectivity index (χ1v) is 4.42. The lowest BCUT2D eigenvalue weighted by Gasteiger charge is -2.08. The van der Waals surface area contributed by atoms with Gasteiger partial charge in [-0.15, -0.1) is 0 Å². The predicted molar refractivity (Wildman–Crippen MR) is 49.2 cm³/mol. The first kappa shape index (κ1) is 10.5. The summed E-state index contributed by atoms with van der Waals surface area (Å²) in [4.78, 5) is 13.2. The Kier molecular flexibility index (Phi) is 5.96. The minimum absolute atomic E-state index is 0.220. The highest BCUT2D eigenvalue weighted by Gasteiger charge is 2.01. The van der Waals surface area contributed by atoms with Crippen LogP contribution in [-0.2, 0) is 4.79 Å². The highest BCUT2D eigenvalue weighted by Crippen LogP contribution is 1.93. The van der Waals surface area contributed by atoms with Gasteiger partial charge in [0.2, 0.25) is 0 Å². The molecule has 0 aliphatic rings. The molecule has 0 saturated carbocycles. The molecule has 62 valence electrons. The molecule has 0 aromatic carbocycles. The molecule has 0 saturated heterocycles. The van der Waals surface area contributed by atoms with Gasteiger partial charge in [-0.2, -0.15) is 0 Å². The van der Waals surface area contributed by atoms with E-state index in [9.17, 15) is 4.79 Å². The van der Waals surface area contributed by atoms with Crippen LogP contribution in [0.4, 0.5) is 0 Å². The van der Waals surface area contributed by atoms with Crippen LogP contribution in [0.3, 0.4) is 0 Å². The van der Waals surface area contributed by atoms with E-state index in [1.807, 2.05) is 6.92 Å². The molecule has 1 atom stereocenters. The second kappa shape index (κ2) is 6.23. The summed E-state index contributed by atoms with van der Waals surface area (Å²) < 4.78 is 0. The first-order valence-electron chi connectivity index (χ1n) is 3.62. The Labute approximate surface area is 75.9 Å². The number of carbonyl (C=O) groups is 1. The maximum absolute atomic E-state index is 10.8. The second-order valence-corrected chi connectivity index (χ2v) is 2.78. The summed E-state index contributed by atoms with van der Waals surface area (Å²) in [5, 5.41) is 2.74. The molecule has 0 heterocycles. The number of hydrogen-bond acceptors (Lipinski definition) is 1. The molecule has 0 aliphatic heterocycles. The van der Waals surface area contributed by atoms with Crippen molar-refractivity contribution in [1.29, 1.82) is 0 Å². The van der Waals surface area contributed by atoms with Gasteiger partial charge in [0, 0.05) is 27.9 Å². The zero-order valence-corrected chi connectivity index (χ0v) is 8.36. The van der Waals surface area contributed by atoms with Crippen molar-refractivity contribution < 1.29 is 4.79 Å². The quantitative estimate of drug-likeness (QED) is 0.717. The van der Waals surface area contributed by atoms with Crippen molar-refractivity contribution in [2.75, 3.05) is 0 Å². The van der Waals surface area contributed by atoms with Crippen molar-refractivity contribution in [1.82, 2.24) is 5.32 Å². The van der Waals surface area contributed by atoms with Crippen molar-refractivity contribution in [2.24, 2.45) is 0 Å². The van der Waals surface area contributed by atoms with Gasteiger partial charge in [0.1, 0.15) is 0 Å². The SMILES string of the molecule is CCCC(C)NC(=O)C#CBr. The summed E-state index contributed by atoms with van der Waals surface area (Å²) in [7, 11) is 0. The zero-order valence-electron chi connectivity index (χ0n) is 6.78. The lowest BCUT2D eigenvalue weighted by atomic mass is 10.2. The van der Waals surface area contributed by atoms with E-state index in [1.54, 1.807) is 0 Å². The Morgan fingerprint density at radius 3 is 2.82 bits per heavy atom. The van der Waals surface area contributed by atoms with Crippen molar-refractivity contribution in [2.45, 2.75) is 32.7 Å². The molecule has 1 N–H and O–H groups in total. The van der Waals surface area contributed by atoms with Crippen LogP contribution in [-0.4, -0.2) is 11.9 Å². The fourth-order valence-corrected chi connectivity index (χ4v) is 0.988. The van der Waals surface area contributed by atoms with Gasteiger partial charge >= 0.3 is 0 Å². The molecule has 3 heteroatoms. The standard InChI is InChI=1S/C8H12BrNO/c1-3-4-7(2)10-8(11)5-6-9/h7H,3-4H2,1-2H3,(H,10,11). The van der Waals surface area contributed by atoms with E-state index < -0.39 is 0 Å². The van der Waals surface area contributed by atoms with Crippen LogP contribution in [0.5, 0.6) is 0 Å². The number of nitrogens with one attached hydrogen (secondary N) is 1. The summed E-state index contributed by atoms with van der Waals surface area (Å²) in [6, 6.07) is 0.223. The Balaban J connectivity index is 3.63. The molecular weight excluding hydrogens is 206 g/mol. The lowest BCUT2D eigenvalue weighted by Crippen LogP contribution is -2.31. The molecule has 0 aliphatic carbocycles. The molecular formula is C8H12BrNO. The minimum Gasteiger partial charge on any atom is -0.343 e. The Bertz CT molecular complexity index is 180. The topological polar surface area (TPSA) is 29.1 Å². The van der Waals surface area contributed by atoms with Crippen molar-refractivity contribution in [3.63, 3.8) is 0 Å². The van der Waals surface area contributed by atoms with E-state index in [4.69, 9.17) is 0 Å². The van der Waals surface area contributed by atoms with Crippen LogP contribution in [0.2, 0.25) is 0 Å². The van der Waals surface area contributed by atoms with E-state index in [0.717, 1.165) is 12.8 Å². The number of halogens is 1. The maximum Gasteiger partial charge on any atom is 0.296 e.